The van der Waals surface area contributed by atoms with E-state index in [0.717, 1.165) is 28.4 Å². The number of anilines is 2. The molecule has 1 fully saturated rings. The number of benzene rings is 2. The molecule has 178 valence electrons. The number of hydrogen-bond donors (Lipinski definition) is 1. The van der Waals surface area contributed by atoms with Crippen molar-refractivity contribution in [2.45, 2.75) is 26.7 Å². The van der Waals surface area contributed by atoms with E-state index in [2.05, 4.69) is 15.2 Å². The highest BCUT2D eigenvalue weighted by Gasteiger charge is 2.27. The Morgan fingerprint density at radius 1 is 1.03 bits per heavy atom. The van der Waals surface area contributed by atoms with Gasteiger partial charge in [-0.05, 0) is 63.1 Å². The minimum absolute atomic E-state index is 0.0286. The number of carbonyl (C=O) groups excluding carboxylic acids is 2. The summed E-state index contributed by atoms with van der Waals surface area (Å²) in [5, 5.41) is 7.71. The number of aryl methyl sites for hydroxylation is 1. The molecule has 0 saturated carbocycles. The molecule has 1 aliphatic rings. The van der Waals surface area contributed by atoms with Crippen LogP contribution in [-0.2, 0) is 4.79 Å². The summed E-state index contributed by atoms with van der Waals surface area (Å²) in [5.41, 5.74) is 4.37. The van der Waals surface area contributed by atoms with Crippen LogP contribution in [0.1, 0.15) is 35.8 Å². The van der Waals surface area contributed by atoms with Crippen LogP contribution < -0.4 is 10.2 Å². The normalized spacial score (nSPS) is 14.3. The minimum Gasteiger partial charge on any atom is -0.356 e. The lowest BCUT2D eigenvalue weighted by Gasteiger charge is -2.33. The summed E-state index contributed by atoms with van der Waals surface area (Å²) in [4.78, 5) is 31.3. The number of amides is 1. The fourth-order valence-electron chi connectivity index (χ4n) is 4.50. The number of hydrogen-bond acceptors (Lipinski definition) is 5. The van der Waals surface area contributed by atoms with E-state index in [0.29, 0.717) is 37.2 Å². The van der Waals surface area contributed by atoms with Crippen LogP contribution in [0, 0.1) is 18.7 Å². The molecule has 2 aromatic heterocycles. The summed E-state index contributed by atoms with van der Waals surface area (Å²) in [5.74, 6) is 0.464. The van der Waals surface area contributed by atoms with Gasteiger partial charge in [-0.1, -0.05) is 12.1 Å². The lowest BCUT2D eigenvalue weighted by molar-refractivity contribution is -0.120. The Morgan fingerprint density at radius 2 is 1.77 bits per heavy atom. The Kier molecular flexibility index (Phi) is 6.03. The van der Waals surface area contributed by atoms with Crippen LogP contribution in [0.4, 0.5) is 15.9 Å². The largest absolute Gasteiger partial charge is 0.356 e. The number of aromatic nitrogens is 3. The lowest BCUT2D eigenvalue weighted by Crippen LogP contribution is -2.39. The van der Waals surface area contributed by atoms with E-state index in [-0.39, 0.29) is 23.4 Å². The Bertz CT molecular complexity index is 1410. The third kappa shape index (κ3) is 4.77. The maximum atomic E-state index is 13.3. The second-order valence-corrected chi connectivity index (χ2v) is 8.95. The van der Waals surface area contributed by atoms with Gasteiger partial charge >= 0.3 is 0 Å². The number of piperidine rings is 1. The summed E-state index contributed by atoms with van der Waals surface area (Å²) in [6.45, 7) is 4.87. The first kappa shape index (κ1) is 22.7. The number of fused-ring (bicyclic) bond motifs is 1. The van der Waals surface area contributed by atoms with E-state index in [1.807, 2.05) is 23.6 Å². The smallest absolute Gasteiger partial charge is 0.227 e. The summed E-state index contributed by atoms with van der Waals surface area (Å²) in [6, 6.07) is 17.2. The topological polar surface area (TPSA) is 79.6 Å². The highest BCUT2D eigenvalue weighted by atomic mass is 19.1. The molecule has 7 nitrogen and oxygen atoms in total. The lowest BCUT2D eigenvalue weighted by atomic mass is 9.95. The van der Waals surface area contributed by atoms with Crippen LogP contribution in [0.25, 0.3) is 16.9 Å². The van der Waals surface area contributed by atoms with Crippen molar-refractivity contribution < 1.29 is 14.0 Å². The van der Waals surface area contributed by atoms with Gasteiger partial charge in [-0.15, -0.1) is 0 Å². The number of halogens is 1. The molecule has 1 amide bonds. The molecule has 3 heterocycles. The predicted molar refractivity (Wildman–Crippen MR) is 133 cm³/mol. The zero-order valence-electron chi connectivity index (χ0n) is 19.7. The summed E-state index contributed by atoms with van der Waals surface area (Å²) in [6.07, 6.45) is 1.40. The van der Waals surface area contributed by atoms with Crippen molar-refractivity contribution in [1.29, 1.82) is 0 Å². The number of nitrogens with one attached hydrogen (secondary N) is 1. The monoisotopic (exact) mass is 471 g/mol. The molecule has 1 N–H and O–H groups in total. The molecule has 0 radical (unpaired) electrons. The van der Waals surface area contributed by atoms with Crippen molar-refractivity contribution in [3.8, 4) is 11.3 Å². The molecule has 4 aromatic rings. The van der Waals surface area contributed by atoms with Gasteiger partial charge in [0, 0.05) is 53.6 Å². The number of carbonyl (C=O) groups is 2. The van der Waals surface area contributed by atoms with E-state index in [4.69, 9.17) is 5.10 Å². The summed E-state index contributed by atoms with van der Waals surface area (Å²) in [7, 11) is 0. The first-order chi connectivity index (χ1) is 16.9. The van der Waals surface area contributed by atoms with Gasteiger partial charge in [-0.3, -0.25) is 9.59 Å². The van der Waals surface area contributed by atoms with Crippen molar-refractivity contribution in [2.24, 2.45) is 5.92 Å². The number of Topliss-reactive ketones (excluding diaryl/α,β-unsaturated/α-hetero) is 1. The molecule has 5 rings (SSSR count). The Hall–Kier alpha value is -4.07. The van der Waals surface area contributed by atoms with E-state index in [1.165, 1.54) is 19.1 Å². The average molecular weight is 472 g/mol. The second-order valence-electron chi connectivity index (χ2n) is 8.95. The van der Waals surface area contributed by atoms with Gasteiger partial charge in [0.2, 0.25) is 5.91 Å². The maximum Gasteiger partial charge on any atom is 0.227 e. The third-order valence-corrected chi connectivity index (χ3v) is 6.40. The average Bonchev–Trinajstić information content (AvgIpc) is 3.28. The standard InChI is InChI=1S/C27H26FN5O2/c1-17-14-26(33-25(29-17)16-24(31-33)19-6-8-22(28)9-7-19)32-12-10-20(11-13-32)27(35)30-23-5-3-4-21(15-23)18(2)34/h3-9,14-16,20H,10-13H2,1-2H3,(H,30,35). The first-order valence-corrected chi connectivity index (χ1v) is 11.7. The first-order valence-electron chi connectivity index (χ1n) is 11.7. The van der Waals surface area contributed by atoms with E-state index in [9.17, 15) is 14.0 Å². The van der Waals surface area contributed by atoms with Gasteiger partial charge in [0.05, 0.1) is 5.69 Å². The quantitative estimate of drug-likeness (QED) is 0.419. The third-order valence-electron chi connectivity index (χ3n) is 6.40. The van der Waals surface area contributed by atoms with Gasteiger partial charge in [0.15, 0.2) is 11.4 Å². The minimum atomic E-state index is -0.286. The summed E-state index contributed by atoms with van der Waals surface area (Å²) >= 11 is 0. The molecule has 0 atom stereocenters. The molecule has 1 aliphatic heterocycles. The van der Waals surface area contributed by atoms with E-state index >= 15 is 0 Å². The SMILES string of the molecule is CC(=O)c1cccc(NC(=O)C2CCN(c3cc(C)nc4cc(-c5ccc(F)cc5)nn34)CC2)c1. The highest BCUT2D eigenvalue weighted by Crippen LogP contribution is 2.28. The fourth-order valence-corrected chi connectivity index (χ4v) is 4.50. The maximum absolute atomic E-state index is 13.3. The number of rotatable bonds is 5. The number of nitrogens with zero attached hydrogens (tertiary/aromatic N) is 4. The Labute approximate surface area is 202 Å². The van der Waals surface area contributed by atoms with E-state index < -0.39 is 0 Å². The molecule has 0 bridgehead atoms. The molecule has 2 aromatic carbocycles. The second kappa shape index (κ2) is 9.29. The van der Waals surface area contributed by atoms with Crippen LogP contribution >= 0.6 is 0 Å². The molecular weight excluding hydrogens is 445 g/mol. The molecule has 8 heteroatoms. The van der Waals surface area contributed by atoms with Crippen LogP contribution in [0.5, 0.6) is 0 Å². The van der Waals surface area contributed by atoms with E-state index in [1.54, 1.807) is 36.4 Å². The van der Waals surface area contributed by atoms with Crippen LogP contribution in [0.3, 0.4) is 0 Å². The zero-order chi connectivity index (χ0) is 24.5. The molecule has 0 aliphatic carbocycles. The Balaban J connectivity index is 1.31. The zero-order valence-corrected chi connectivity index (χ0v) is 19.7. The van der Waals surface area contributed by atoms with Gasteiger partial charge in [-0.2, -0.15) is 9.61 Å². The van der Waals surface area contributed by atoms with Crippen molar-refractivity contribution in [3.05, 3.63) is 77.7 Å². The molecule has 0 unspecified atom stereocenters. The molecule has 0 spiro atoms. The van der Waals surface area contributed by atoms with Gasteiger partial charge in [0.25, 0.3) is 0 Å². The predicted octanol–water partition coefficient (Wildman–Crippen LogP) is 4.90. The summed E-state index contributed by atoms with van der Waals surface area (Å²) < 4.78 is 15.2. The van der Waals surface area contributed by atoms with Gasteiger partial charge < -0.3 is 10.2 Å². The van der Waals surface area contributed by atoms with Crippen LogP contribution in [0.15, 0.2) is 60.7 Å². The van der Waals surface area contributed by atoms with Crippen molar-refractivity contribution in [1.82, 2.24) is 14.6 Å². The fraction of sp³-hybridized carbons (Fsp3) is 0.259. The highest BCUT2D eigenvalue weighted by molar-refractivity contribution is 5.97. The van der Waals surface area contributed by atoms with Crippen molar-refractivity contribution >= 4 is 28.8 Å². The Morgan fingerprint density at radius 3 is 2.49 bits per heavy atom. The van der Waals surface area contributed by atoms with Gasteiger partial charge in [-0.25, -0.2) is 9.37 Å². The van der Waals surface area contributed by atoms with Crippen LogP contribution in [-0.4, -0.2) is 39.4 Å². The van der Waals surface area contributed by atoms with Crippen LogP contribution in [0.2, 0.25) is 0 Å². The van der Waals surface area contributed by atoms with Crippen molar-refractivity contribution in [2.75, 3.05) is 23.3 Å². The molecule has 1 saturated heterocycles. The number of ketones is 1. The van der Waals surface area contributed by atoms with Gasteiger partial charge in [0.1, 0.15) is 11.6 Å². The molecule has 35 heavy (non-hydrogen) atoms. The molecular formula is C27H26FN5O2. The van der Waals surface area contributed by atoms with Crippen molar-refractivity contribution in [3.63, 3.8) is 0 Å².